The Kier molecular flexibility index (Phi) is 16.9. The fourth-order valence-corrected chi connectivity index (χ4v) is 10.6. The van der Waals surface area contributed by atoms with Crippen molar-refractivity contribution in [3.05, 3.63) is 24.3 Å². The lowest BCUT2D eigenvalue weighted by molar-refractivity contribution is -0.613. The van der Waals surface area contributed by atoms with E-state index in [0.29, 0.717) is 75.9 Å². The molecule has 0 aliphatic heterocycles. The molecule has 0 amide bonds. The van der Waals surface area contributed by atoms with Crippen LogP contribution in [0.15, 0.2) is 24.3 Å². The van der Waals surface area contributed by atoms with Crippen molar-refractivity contribution in [2.75, 3.05) is 39.6 Å². The number of aliphatic hydroxyl groups is 1. The quantitative estimate of drug-likeness (QED) is 0.0303. The molecule has 0 bridgehead atoms. The number of allylic oxidation sites excluding steroid dienone is 2. The van der Waals surface area contributed by atoms with Crippen molar-refractivity contribution in [1.29, 1.82) is 0 Å². The van der Waals surface area contributed by atoms with E-state index in [2.05, 4.69) is 26.0 Å². The Hall–Kier alpha value is -3.21. The molecule has 0 radical (unpaired) electrons. The van der Waals surface area contributed by atoms with Crippen LogP contribution in [0.4, 0.5) is 0 Å². The molecule has 314 valence electrons. The van der Waals surface area contributed by atoms with E-state index in [1.54, 1.807) is 0 Å². The molecule has 1 N–H and O–H groups in total. The van der Waals surface area contributed by atoms with Gasteiger partial charge in [-0.05, 0) is 111 Å². The van der Waals surface area contributed by atoms with Crippen molar-refractivity contribution >= 4 is 29.8 Å². The summed E-state index contributed by atoms with van der Waals surface area (Å²) in [4.78, 5) is 62.7. The summed E-state index contributed by atoms with van der Waals surface area (Å²) in [5, 5.41) is 10.5. The molecule has 0 saturated heterocycles. The number of esters is 5. The summed E-state index contributed by atoms with van der Waals surface area (Å²) in [7, 11) is 0. The third-order valence-electron chi connectivity index (χ3n) is 13.5. The molecule has 0 aromatic rings. The molecule has 0 atom stereocenters. The molecule has 6 rings (SSSR count). The van der Waals surface area contributed by atoms with E-state index in [0.717, 1.165) is 36.5 Å². The number of hydrogen-bond acceptors (Lipinski definition) is 11. The third-order valence-corrected chi connectivity index (χ3v) is 13.5. The molecular weight excluding hydrogens is 716 g/mol. The van der Waals surface area contributed by atoms with Gasteiger partial charge in [0.2, 0.25) is 0 Å². The molecule has 0 heterocycles. The van der Waals surface area contributed by atoms with Gasteiger partial charge in [-0.2, -0.15) is 0 Å². The fourth-order valence-electron chi connectivity index (χ4n) is 10.6. The Morgan fingerprint density at radius 1 is 0.500 bits per heavy atom. The smallest absolute Gasteiger partial charge is 0.306 e. The predicted molar refractivity (Wildman–Crippen MR) is 209 cm³/mol. The summed E-state index contributed by atoms with van der Waals surface area (Å²) in [6.45, 7) is 3.62. The van der Waals surface area contributed by atoms with Crippen LogP contribution in [0.3, 0.4) is 0 Å². The summed E-state index contributed by atoms with van der Waals surface area (Å²) in [6, 6.07) is 0. The molecule has 6 aliphatic carbocycles. The van der Waals surface area contributed by atoms with E-state index in [-0.39, 0.29) is 68.8 Å². The lowest BCUT2D eigenvalue weighted by Gasteiger charge is -3.07. The first-order valence-corrected chi connectivity index (χ1v) is 21.9. The second-order valence-electron chi connectivity index (χ2n) is 17.2. The average Bonchev–Trinajstić information content (AvgIpc) is 3.20. The topological polar surface area (TPSA) is 152 Å². The van der Waals surface area contributed by atoms with Gasteiger partial charge < -0.3 is 28.8 Å². The number of carbonyl (C=O) groups excluding carboxylic acids is 5. The van der Waals surface area contributed by atoms with Crippen LogP contribution >= 0.6 is 0 Å². The summed E-state index contributed by atoms with van der Waals surface area (Å²) in [6.07, 6.45) is 21.5. The SMILES string of the molecule is CCCCC/C=C\CCOC(=O)CCCCC(=O)OCC(CO)(COC(=O)CCCCC(=O)OCC/C=C\CCCCC)COC(=O)CC12C3C4C5C3C1C5C42. The van der Waals surface area contributed by atoms with Crippen LogP contribution in [0.25, 0.3) is 0 Å². The van der Waals surface area contributed by atoms with Crippen molar-refractivity contribution in [1.82, 2.24) is 0 Å². The predicted octanol–water partition coefficient (Wildman–Crippen LogP) is 7.61. The van der Waals surface area contributed by atoms with Gasteiger partial charge in [-0.3, -0.25) is 24.0 Å². The van der Waals surface area contributed by atoms with Crippen molar-refractivity contribution in [2.24, 2.45) is 52.3 Å². The van der Waals surface area contributed by atoms with Crippen LogP contribution in [0.5, 0.6) is 0 Å². The maximum Gasteiger partial charge on any atom is 0.306 e. The van der Waals surface area contributed by atoms with Crippen LogP contribution in [0, 0.1) is 52.3 Å². The van der Waals surface area contributed by atoms with Crippen molar-refractivity contribution in [3.8, 4) is 0 Å². The first-order valence-electron chi connectivity index (χ1n) is 21.9. The molecule has 6 aliphatic rings. The molecule has 6 fully saturated rings. The van der Waals surface area contributed by atoms with Crippen LogP contribution < -0.4 is 0 Å². The molecule has 6 saturated carbocycles. The Bertz CT molecular complexity index is 1270. The number of ether oxygens (including phenoxy) is 5. The zero-order valence-corrected chi connectivity index (χ0v) is 34.1. The second-order valence-corrected chi connectivity index (χ2v) is 17.2. The Morgan fingerprint density at radius 3 is 1.27 bits per heavy atom. The zero-order chi connectivity index (χ0) is 40.0. The summed E-state index contributed by atoms with van der Waals surface area (Å²) >= 11 is 0. The number of rotatable bonds is 33. The highest BCUT2D eigenvalue weighted by Gasteiger charge is 3.04. The number of aliphatic hydroxyl groups excluding tert-OH is 1. The monoisotopic (exact) mass is 784 g/mol. The van der Waals surface area contributed by atoms with Gasteiger partial charge in [0.25, 0.3) is 0 Å². The standard InChI is InChI=1S/C45H68O11/c1-3-5-7-9-11-13-19-25-52-32(47)21-15-17-23-34(49)54-29-44(28-46,31-56-36(51)27-45-41-38-37-39(41)43(45)40(37)42(38)45)30-55-35(50)24-18-16-22-33(48)53-26-20-14-12-10-8-6-4-2/h11-14,37-43,46H,3-10,15-31H2,1-2H3/b13-11-,14-12-. The second kappa shape index (κ2) is 21.5. The lowest BCUT2D eigenvalue weighted by atomic mass is 8.96. The minimum atomic E-state index is -1.32. The maximum atomic E-state index is 13.1. The van der Waals surface area contributed by atoms with Crippen molar-refractivity contribution in [2.45, 2.75) is 136 Å². The van der Waals surface area contributed by atoms with Gasteiger partial charge in [0.05, 0.1) is 31.7 Å². The summed E-state index contributed by atoms with van der Waals surface area (Å²) in [5.41, 5.74) is -1.18. The van der Waals surface area contributed by atoms with E-state index < -0.39 is 24.0 Å². The molecule has 0 spiro atoms. The Labute approximate surface area is 334 Å². The van der Waals surface area contributed by atoms with E-state index in [1.807, 2.05) is 12.2 Å². The lowest BCUT2D eigenvalue weighted by Crippen LogP contribution is -3.05. The van der Waals surface area contributed by atoms with Crippen molar-refractivity contribution < 1.29 is 52.8 Å². The number of carbonyl (C=O) groups is 5. The Morgan fingerprint density at radius 2 is 0.875 bits per heavy atom. The van der Waals surface area contributed by atoms with Crippen LogP contribution in [0.1, 0.15) is 136 Å². The molecule has 56 heavy (non-hydrogen) atoms. The van der Waals surface area contributed by atoms with Crippen LogP contribution in [-0.4, -0.2) is 74.6 Å². The normalized spacial score (nSPS) is 26.9. The van der Waals surface area contributed by atoms with Gasteiger partial charge in [0.1, 0.15) is 19.8 Å². The van der Waals surface area contributed by atoms with E-state index in [4.69, 9.17) is 23.7 Å². The van der Waals surface area contributed by atoms with E-state index in [9.17, 15) is 29.1 Å². The summed E-state index contributed by atoms with van der Waals surface area (Å²) in [5.74, 6) is 3.57. The molecule has 11 nitrogen and oxygen atoms in total. The molecular formula is C45H68O11. The highest BCUT2D eigenvalue weighted by Crippen LogP contribution is 3.06. The number of unbranched alkanes of at least 4 members (excludes halogenated alkanes) is 8. The van der Waals surface area contributed by atoms with Gasteiger partial charge in [0.15, 0.2) is 0 Å². The highest BCUT2D eigenvalue weighted by atomic mass is 16.6. The van der Waals surface area contributed by atoms with Crippen LogP contribution in [-0.2, 0) is 47.7 Å². The molecule has 11 heteroatoms. The third kappa shape index (κ3) is 10.3. The van der Waals surface area contributed by atoms with Gasteiger partial charge in [-0.1, -0.05) is 63.8 Å². The zero-order valence-electron chi connectivity index (χ0n) is 34.1. The first-order chi connectivity index (χ1) is 27.2. The van der Waals surface area contributed by atoms with Gasteiger partial charge >= 0.3 is 29.8 Å². The minimum absolute atomic E-state index is 0.0597. The fraction of sp³-hybridized carbons (Fsp3) is 0.800. The summed E-state index contributed by atoms with van der Waals surface area (Å²) < 4.78 is 27.4. The largest absolute Gasteiger partial charge is 0.465 e. The number of hydrogen-bond donors (Lipinski definition) is 1. The van der Waals surface area contributed by atoms with E-state index >= 15 is 0 Å². The molecule has 0 unspecified atom stereocenters. The van der Waals surface area contributed by atoms with Gasteiger partial charge in [-0.25, -0.2) is 0 Å². The first kappa shape index (κ1) is 43.9. The van der Waals surface area contributed by atoms with Gasteiger partial charge in [-0.15, -0.1) is 0 Å². The highest BCUT2D eigenvalue weighted by molar-refractivity contribution is 5.74. The average molecular weight is 785 g/mol. The minimum Gasteiger partial charge on any atom is -0.465 e. The van der Waals surface area contributed by atoms with Gasteiger partial charge in [0, 0.05) is 25.7 Å². The van der Waals surface area contributed by atoms with Crippen molar-refractivity contribution in [3.63, 3.8) is 0 Å². The Balaban J connectivity index is 0.975. The molecule has 0 aromatic heterocycles. The van der Waals surface area contributed by atoms with E-state index in [1.165, 1.54) is 38.5 Å². The molecule has 0 aromatic carbocycles. The van der Waals surface area contributed by atoms with Crippen LogP contribution in [0.2, 0.25) is 0 Å². The maximum absolute atomic E-state index is 13.1.